The summed E-state index contributed by atoms with van der Waals surface area (Å²) >= 11 is 0. The molecule has 3 N–H and O–H groups in total. The predicted octanol–water partition coefficient (Wildman–Crippen LogP) is 8.59. The molecule has 0 aliphatic rings. The molecule has 0 aromatic rings. The quantitative estimate of drug-likeness (QED) is 0.0800. The second-order valence-electron chi connectivity index (χ2n) is 19.3. The third kappa shape index (κ3) is 23.1. The van der Waals surface area contributed by atoms with Gasteiger partial charge in [0.15, 0.2) is 0 Å². The van der Waals surface area contributed by atoms with Crippen LogP contribution in [0.1, 0.15) is 156 Å². The summed E-state index contributed by atoms with van der Waals surface area (Å²) in [5.41, 5.74) is -3.77. The number of rotatable bonds is 26. The summed E-state index contributed by atoms with van der Waals surface area (Å²) in [4.78, 5) is 0. The van der Waals surface area contributed by atoms with Crippen molar-refractivity contribution in [3.8, 4) is 0 Å². The zero-order valence-electron chi connectivity index (χ0n) is 33.4. The summed E-state index contributed by atoms with van der Waals surface area (Å²) in [6, 6.07) is 0. The average molecular weight is 661 g/mol. The molecule has 278 valence electrons. The highest BCUT2D eigenvalue weighted by Crippen LogP contribution is 2.44. The molecular weight excluding hydrogens is 580 g/mol. The van der Waals surface area contributed by atoms with Crippen molar-refractivity contribution in [2.75, 3.05) is 39.6 Å². The lowest BCUT2D eigenvalue weighted by molar-refractivity contribution is -0.141. The maximum atomic E-state index is 10.4. The Kier molecular flexibility index (Phi) is 18.5. The summed E-state index contributed by atoms with van der Waals surface area (Å²) in [6.45, 7) is 35.9. The maximum Gasteiger partial charge on any atom is 0.0824 e. The summed E-state index contributed by atoms with van der Waals surface area (Å²) in [5, 5.41) is 31.0. The highest BCUT2D eigenvalue weighted by atomic mass is 16.5. The van der Waals surface area contributed by atoms with E-state index in [0.717, 1.165) is 25.7 Å². The standard InChI is InChI=1S/C39H80O7/c1-30(2)21-38(22-31(3)4,24-36(13,14)45-20-18-34(9,10)41)27-44-29-39(23-32(5)6,28-43-19-17-33(7,8)40)25-37(15,16)46-26-35(11,12)42/h30-32,40-42H,17-29H2,1-16H3. The molecule has 0 heterocycles. The molecule has 7 heteroatoms. The van der Waals surface area contributed by atoms with Crippen LogP contribution in [-0.4, -0.2) is 83.0 Å². The van der Waals surface area contributed by atoms with Crippen LogP contribution >= 0.6 is 0 Å². The van der Waals surface area contributed by atoms with Gasteiger partial charge >= 0.3 is 0 Å². The minimum Gasteiger partial charge on any atom is -0.390 e. The zero-order chi connectivity index (χ0) is 36.3. The van der Waals surface area contributed by atoms with E-state index < -0.39 is 22.4 Å². The van der Waals surface area contributed by atoms with Crippen LogP contribution in [0.15, 0.2) is 0 Å². The van der Waals surface area contributed by atoms with Crippen LogP contribution < -0.4 is 0 Å². The number of aliphatic hydroxyl groups is 3. The average Bonchev–Trinajstić information content (AvgIpc) is 2.76. The first-order valence-electron chi connectivity index (χ1n) is 18.1. The van der Waals surface area contributed by atoms with Crippen molar-refractivity contribution in [3.63, 3.8) is 0 Å². The Bertz CT molecular complexity index is 802. The van der Waals surface area contributed by atoms with Crippen LogP contribution in [0, 0.1) is 28.6 Å². The molecule has 0 spiro atoms. The Morgan fingerprint density at radius 2 is 0.804 bits per heavy atom. The Labute approximate surface area is 285 Å². The van der Waals surface area contributed by atoms with E-state index in [9.17, 15) is 15.3 Å². The van der Waals surface area contributed by atoms with Gasteiger partial charge in [0.2, 0.25) is 0 Å². The number of hydrogen-bond acceptors (Lipinski definition) is 7. The smallest absolute Gasteiger partial charge is 0.0824 e. The van der Waals surface area contributed by atoms with Crippen LogP contribution in [0.3, 0.4) is 0 Å². The van der Waals surface area contributed by atoms with Crippen LogP contribution in [0.4, 0.5) is 0 Å². The molecule has 46 heavy (non-hydrogen) atoms. The molecule has 1 unspecified atom stereocenters. The van der Waals surface area contributed by atoms with Crippen molar-refractivity contribution < 1.29 is 34.3 Å². The third-order valence-electron chi connectivity index (χ3n) is 8.23. The summed E-state index contributed by atoms with van der Waals surface area (Å²) < 4.78 is 26.1. The lowest BCUT2D eigenvalue weighted by atomic mass is 9.68. The van der Waals surface area contributed by atoms with Gasteiger partial charge in [0.1, 0.15) is 0 Å². The first-order valence-corrected chi connectivity index (χ1v) is 18.1. The number of ether oxygens (including phenoxy) is 4. The lowest BCUT2D eigenvalue weighted by Crippen LogP contribution is -2.45. The van der Waals surface area contributed by atoms with E-state index in [-0.39, 0.29) is 23.0 Å². The molecule has 1 atom stereocenters. The van der Waals surface area contributed by atoms with Crippen LogP contribution in [0.25, 0.3) is 0 Å². The summed E-state index contributed by atoms with van der Waals surface area (Å²) in [5.74, 6) is 1.40. The van der Waals surface area contributed by atoms with E-state index in [4.69, 9.17) is 18.9 Å². The van der Waals surface area contributed by atoms with Gasteiger partial charge in [0, 0.05) is 12.0 Å². The minimum absolute atomic E-state index is 0.0845. The first-order chi connectivity index (χ1) is 20.5. The van der Waals surface area contributed by atoms with E-state index >= 15 is 0 Å². The van der Waals surface area contributed by atoms with Gasteiger partial charge in [-0.25, -0.2) is 0 Å². The molecule has 0 aliphatic heterocycles. The van der Waals surface area contributed by atoms with Crippen molar-refractivity contribution in [1.82, 2.24) is 0 Å². The van der Waals surface area contributed by atoms with Gasteiger partial charge < -0.3 is 34.3 Å². The fourth-order valence-corrected chi connectivity index (χ4v) is 7.28. The normalized spacial score (nSPS) is 15.8. The Morgan fingerprint density at radius 1 is 0.435 bits per heavy atom. The van der Waals surface area contributed by atoms with Gasteiger partial charge in [-0.05, 0) is 137 Å². The van der Waals surface area contributed by atoms with E-state index in [0.29, 0.717) is 70.1 Å². The van der Waals surface area contributed by atoms with Gasteiger partial charge in [0.25, 0.3) is 0 Å². The highest BCUT2D eigenvalue weighted by Gasteiger charge is 2.42. The van der Waals surface area contributed by atoms with E-state index in [1.807, 2.05) is 27.7 Å². The third-order valence-corrected chi connectivity index (χ3v) is 8.23. The van der Waals surface area contributed by atoms with E-state index in [2.05, 4.69) is 69.2 Å². The molecule has 0 fully saturated rings. The van der Waals surface area contributed by atoms with Crippen molar-refractivity contribution in [2.45, 2.75) is 184 Å². The second kappa shape index (κ2) is 18.6. The van der Waals surface area contributed by atoms with Gasteiger partial charge in [-0.1, -0.05) is 41.5 Å². The fraction of sp³-hybridized carbons (Fsp3) is 1.00. The Balaban J connectivity index is 6.37. The monoisotopic (exact) mass is 661 g/mol. The molecule has 0 aliphatic carbocycles. The number of hydrogen-bond donors (Lipinski definition) is 3. The van der Waals surface area contributed by atoms with Gasteiger partial charge in [-0.2, -0.15) is 0 Å². The van der Waals surface area contributed by atoms with Crippen molar-refractivity contribution in [3.05, 3.63) is 0 Å². The van der Waals surface area contributed by atoms with Crippen molar-refractivity contribution in [2.24, 2.45) is 28.6 Å². The second-order valence-corrected chi connectivity index (χ2v) is 19.3. The highest BCUT2D eigenvalue weighted by molar-refractivity contribution is 4.92. The SMILES string of the molecule is CC(C)CC(COCCC(C)(C)O)(COCC(CC(C)C)(CC(C)C)CC(C)(C)OCCC(C)(C)O)CC(C)(C)OCC(C)(C)O. The molecule has 0 aromatic heterocycles. The molecule has 0 rings (SSSR count). The molecule has 0 saturated heterocycles. The fourth-order valence-electron chi connectivity index (χ4n) is 7.28. The molecule has 0 saturated carbocycles. The topological polar surface area (TPSA) is 97.6 Å². The van der Waals surface area contributed by atoms with Gasteiger partial charge in [-0.15, -0.1) is 0 Å². The van der Waals surface area contributed by atoms with E-state index in [1.165, 1.54) is 0 Å². The molecule has 0 amide bonds. The Morgan fingerprint density at radius 3 is 1.24 bits per heavy atom. The van der Waals surface area contributed by atoms with Crippen LogP contribution in [0.5, 0.6) is 0 Å². The van der Waals surface area contributed by atoms with Gasteiger partial charge in [-0.3, -0.25) is 0 Å². The van der Waals surface area contributed by atoms with Crippen molar-refractivity contribution >= 4 is 0 Å². The molecular formula is C39H80O7. The van der Waals surface area contributed by atoms with Crippen LogP contribution in [0.2, 0.25) is 0 Å². The predicted molar refractivity (Wildman–Crippen MR) is 192 cm³/mol. The summed E-state index contributed by atoms with van der Waals surface area (Å²) in [6.07, 6.45) is 5.68. The first kappa shape index (κ1) is 45.7. The van der Waals surface area contributed by atoms with Crippen LogP contribution in [-0.2, 0) is 18.9 Å². The zero-order valence-corrected chi connectivity index (χ0v) is 33.4. The minimum atomic E-state index is -0.924. The van der Waals surface area contributed by atoms with E-state index in [1.54, 1.807) is 13.8 Å². The molecule has 0 radical (unpaired) electrons. The van der Waals surface area contributed by atoms with Crippen molar-refractivity contribution in [1.29, 1.82) is 0 Å². The van der Waals surface area contributed by atoms with Gasteiger partial charge in [0.05, 0.1) is 61.0 Å². The maximum absolute atomic E-state index is 10.4. The Hall–Kier alpha value is -0.280. The lowest BCUT2D eigenvalue weighted by Gasteiger charge is -2.45. The molecule has 0 aromatic carbocycles. The molecule has 7 nitrogen and oxygen atoms in total. The summed E-state index contributed by atoms with van der Waals surface area (Å²) in [7, 11) is 0. The largest absolute Gasteiger partial charge is 0.390 e. The molecule has 0 bridgehead atoms.